The highest BCUT2D eigenvalue weighted by Crippen LogP contribution is 2.42. The molecule has 0 bridgehead atoms. The van der Waals surface area contributed by atoms with Crippen LogP contribution in [0.5, 0.6) is 11.5 Å². The number of halogens is 8. The van der Waals surface area contributed by atoms with E-state index in [1.165, 1.54) is 0 Å². The molecule has 0 aliphatic heterocycles. The first-order chi connectivity index (χ1) is 17.5. The number of hydrogen-bond acceptors (Lipinski definition) is 3. The zero-order valence-electron chi connectivity index (χ0n) is 20.3. The Morgan fingerprint density at radius 3 is 1.57 bits per heavy atom. The maximum atomic E-state index is 14.8. The van der Waals surface area contributed by atoms with Crippen LogP contribution < -0.4 is 9.47 Å². The van der Waals surface area contributed by atoms with Gasteiger partial charge in [0.15, 0.2) is 29.0 Å². The van der Waals surface area contributed by atoms with Crippen molar-refractivity contribution >= 4 is 5.97 Å². The summed E-state index contributed by atoms with van der Waals surface area (Å²) in [4.78, 5) is 12.4. The van der Waals surface area contributed by atoms with E-state index in [1.807, 2.05) is 13.8 Å². The van der Waals surface area contributed by atoms with Gasteiger partial charge in [0.05, 0.1) is 23.7 Å². The Kier molecular flexibility index (Phi) is 9.41. The standard InChI is InChI=1S/C26H26F8O3/c1-3-5-6-11-36-24-20(31)16(27)14(17(28)21(24)32)15-18(29)22(33)25(23(34)19(15)30)37-26(35)13-9-7-12(4-2)8-10-13/h12-13H,3-11H2,1-2H3. The van der Waals surface area contributed by atoms with Gasteiger partial charge in [-0.3, -0.25) is 4.79 Å². The molecule has 0 saturated heterocycles. The average molecular weight is 538 g/mol. The zero-order chi connectivity index (χ0) is 27.4. The van der Waals surface area contributed by atoms with Gasteiger partial charge < -0.3 is 9.47 Å². The molecule has 0 heterocycles. The van der Waals surface area contributed by atoms with Gasteiger partial charge in [0, 0.05) is 0 Å². The van der Waals surface area contributed by atoms with E-state index in [-0.39, 0.29) is 6.61 Å². The molecule has 2 aromatic rings. The maximum absolute atomic E-state index is 14.8. The molecule has 2 aromatic carbocycles. The number of unbranched alkanes of at least 4 members (excludes halogenated alkanes) is 2. The summed E-state index contributed by atoms with van der Waals surface area (Å²) in [5, 5.41) is 0. The van der Waals surface area contributed by atoms with Crippen molar-refractivity contribution in [2.75, 3.05) is 6.61 Å². The smallest absolute Gasteiger partial charge is 0.314 e. The largest absolute Gasteiger partial charge is 0.487 e. The van der Waals surface area contributed by atoms with Crippen LogP contribution in [0.2, 0.25) is 0 Å². The Morgan fingerprint density at radius 1 is 0.676 bits per heavy atom. The second-order valence-corrected chi connectivity index (χ2v) is 9.02. The van der Waals surface area contributed by atoms with Gasteiger partial charge in [0.1, 0.15) is 0 Å². The molecule has 1 aliphatic rings. The molecule has 1 aliphatic carbocycles. The van der Waals surface area contributed by atoms with Crippen molar-refractivity contribution in [2.24, 2.45) is 11.8 Å². The minimum absolute atomic E-state index is 0.292. The quantitative estimate of drug-likeness (QED) is 0.106. The van der Waals surface area contributed by atoms with E-state index in [2.05, 4.69) is 4.74 Å². The van der Waals surface area contributed by atoms with Crippen molar-refractivity contribution in [3.05, 3.63) is 46.5 Å². The molecular weight excluding hydrogens is 512 g/mol. The van der Waals surface area contributed by atoms with Crippen LogP contribution in [0.1, 0.15) is 65.2 Å². The fraction of sp³-hybridized carbons (Fsp3) is 0.500. The molecule has 1 saturated carbocycles. The minimum atomic E-state index is -2.40. The maximum Gasteiger partial charge on any atom is 0.314 e. The van der Waals surface area contributed by atoms with Crippen molar-refractivity contribution in [3.8, 4) is 22.6 Å². The summed E-state index contributed by atoms with van der Waals surface area (Å²) >= 11 is 0. The normalized spacial score (nSPS) is 17.7. The van der Waals surface area contributed by atoms with Crippen LogP contribution in [0.4, 0.5) is 35.1 Å². The van der Waals surface area contributed by atoms with E-state index < -0.39 is 81.1 Å². The Bertz CT molecular complexity index is 1100. The number of hydrogen-bond donors (Lipinski definition) is 0. The molecule has 204 valence electrons. The Hall–Kier alpha value is -2.85. The van der Waals surface area contributed by atoms with Gasteiger partial charge in [-0.15, -0.1) is 0 Å². The zero-order valence-corrected chi connectivity index (χ0v) is 20.3. The van der Waals surface area contributed by atoms with Crippen LogP contribution >= 0.6 is 0 Å². The molecule has 0 spiro atoms. The predicted octanol–water partition coefficient (Wildman–Crippen LogP) is 8.16. The Morgan fingerprint density at radius 2 is 1.14 bits per heavy atom. The van der Waals surface area contributed by atoms with Gasteiger partial charge in [0.25, 0.3) is 0 Å². The lowest BCUT2D eigenvalue weighted by Gasteiger charge is -2.26. The van der Waals surface area contributed by atoms with Crippen molar-refractivity contribution in [1.29, 1.82) is 0 Å². The molecule has 0 unspecified atom stereocenters. The summed E-state index contributed by atoms with van der Waals surface area (Å²) in [6, 6.07) is 0. The van der Waals surface area contributed by atoms with Gasteiger partial charge in [-0.25, -0.2) is 17.6 Å². The molecule has 11 heteroatoms. The molecule has 3 rings (SSSR count). The van der Waals surface area contributed by atoms with E-state index in [0.29, 0.717) is 50.9 Å². The topological polar surface area (TPSA) is 35.5 Å². The van der Waals surface area contributed by atoms with Crippen LogP contribution in [-0.2, 0) is 4.79 Å². The number of rotatable bonds is 9. The number of carbonyl (C=O) groups is 1. The molecule has 1 fully saturated rings. The molecule has 0 aromatic heterocycles. The fourth-order valence-corrected chi connectivity index (χ4v) is 4.40. The van der Waals surface area contributed by atoms with E-state index >= 15 is 0 Å². The highest BCUT2D eigenvalue weighted by molar-refractivity contribution is 5.76. The second kappa shape index (κ2) is 12.1. The fourth-order valence-electron chi connectivity index (χ4n) is 4.40. The number of ether oxygens (including phenoxy) is 2. The first kappa shape index (κ1) is 28.7. The van der Waals surface area contributed by atoms with Crippen LogP contribution in [0.15, 0.2) is 0 Å². The van der Waals surface area contributed by atoms with Crippen LogP contribution in [0.25, 0.3) is 11.1 Å². The Labute approximate surface area is 208 Å². The molecule has 0 atom stereocenters. The summed E-state index contributed by atoms with van der Waals surface area (Å²) in [6.45, 7) is 3.48. The first-order valence-corrected chi connectivity index (χ1v) is 12.1. The third-order valence-electron chi connectivity index (χ3n) is 6.65. The number of esters is 1. The number of carbonyl (C=O) groups excluding carboxylic acids is 1. The van der Waals surface area contributed by atoms with Crippen LogP contribution in [-0.4, -0.2) is 12.6 Å². The molecule has 0 amide bonds. The van der Waals surface area contributed by atoms with Gasteiger partial charge in [-0.05, 0) is 38.0 Å². The summed E-state index contributed by atoms with van der Waals surface area (Å²) in [5.41, 5.74) is -4.05. The van der Waals surface area contributed by atoms with Crippen molar-refractivity contribution in [1.82, 2.24) is 0 Å². The average Bonchev–Trinajstić information content (AvgIpc) is 2.90. The van der Waals surface area contributed by atoms with Gasteiger partial charge in [-0.2, -0.15) is 17.6 Å². The van der Waals surface area contributed by atoms with Crippen LogP contribution in [0, 0.1) is 58.4 Å². The molecule has 0 radical (unpaired) electrons. The van der Waals surface area contributed by atoms with Gasteiger partial charge >= 0.3 is 5.97 Å². The lowest BCUT2D eigenvalue weighted by atomic mass is 9.81. The van der Waals surface area contributed by atoms with Gasteiger partial charge in [0.2, 0.25) is 29.0 Å². The highest BCUT2D eigenvalue weighted by atomic mass is 19.2. The predicted molar refractivity (Wildman–Crippen MR) is 118 cm³/mol. The summed E-state index contributed by atoms with van der Waals surface area (Å²) < 4.78 is 127. The van der Waals surface area contributed by atoms with Crippen LogP contribution in [0.3, 0.4) is 0 Å². The second-order valence-electron chi connectivity index (χ2n) is 9.02. The third-order valence-corrected chi connectivity index (χ3v) is 6.65. The Balaban J connectivity index is 1.99. The highest BCUT2D eigenvalue weighted by Gasteiger charge is 2.37. The lowest BCUT2D eigenvalue weighted by Crippen LogP contribution is -2.26. The third kappa shape index (κ3) is 5.70. The van der Waals surface area contributed by atoms with Crippen molar-refractivity contribution in [2.45, 2.75) is 65.2 Å². The van der Waals surface area contributed by atoms with Gasteiger partial charge in [-0.1, -0.05) is 33.1 Å². The molecule has 0 N–H and O–H groups in total. The summed E-state index contributed by atoms with van der Waals surface area (Å²) in [7, 11) is 0. The van der Waals surface area contributed by atoms with Crippen molar-refractivity contribution < 1.29 is 49.4 Å². The lowest BCUT2D eigenvalue weighted by molar-refractivity contribution is -0.140. The van der Waals surface area contributed by atoms with E-state index in [9.17, 15) is 39.9 Å². The summed E-state index contributed by atoms with van der Waals surface area (Å²) in [5.74, 6) is -23.0. The van der Waals surface area contributed by atoms with E-state index in [4.69, 9.17) is 4.74 Å². The molecular formula is C26H26F8O3. The number of benzene rings is 2. The van der Waals surface area contributed by atoms with E-state index in [0.717, 1.165) is 6.42 Å². The first-order valence-electron chi connectivity index (χ1n) is 12.1. The minimum Gasteiger partial charge on any atom is -0.487 e. The molecule has 37 heavy (non-hydrogen) atoms. The monoisotopic (exact) mass is 538 g/mol. The SMILES string of the molecule is CCCCCOc1c(F)c(F)c(-c2c(F)c(F)c(OC(=O)C3CCC(CC)CC3)c(F)c2F)c(F)c1F. The van der Waals surface area contributed by atoms with E-state index in [1.54, 1.807) is 0 Å². The molecule has 3 nitrogen and oxygen atoms in total. The van der Waals surface area contributed by atoms with Crippen molar-refractivity contribution in [3.63, 3.8) is 0 Å². The summed E-state index contributed by atoms with van der Waals surface area (Å²) in [6.07, 6.45) is 4.43.